The summed E-state index contributed by atoms with van der Waals surface area (Å²) in [6.07, 6.45) is 7.73. The summed E-state index contributed by atoms with van der Waals surface area (Å²) in [7, 11) is 1.94. The molecule has 3 fully saturated rings. The van der Waals surface area contributed by atoms with E-state index in [1.165, 1.54) is 6.08 Å². The predicted molar refractivity (Wildman–Crippen MR) is 117 cm³/mol. The van der Waals surface area contributed by atoms with E-state index in [-0.39, 0.29) is 11.0 Å². The Balaban J connectivity index is 1.50. The standard InChI is InChI=1S/C24H22N6O/c1-15-9-17(5-4-7-25)10-16(2)20(15)31-21-19-18(6-8-30(19)3)27-22(28-21)29-24-11-23(12-24,13-24)14-26/h4-6,8-10H,11-13H2,1-3H3,(H,27,28,29)/b5-4+. The van der Waals surface area contributed by atoms with Gasteiger partial charge in [-0.3, -0.25) is 0 Å². The molecule has 2 heterocycles. The van der Waals surface area contributed by atoms with Gasteiger partial charge in [0.2, 0.25) is 11.8 Å². The highest BCUT2D eigenvalue weighted by atomic mass is 16.5. The van der Waals surface area contributed by atoms with Crippen LogP contribution >= 0.6 is 0 Å². The Labute approximate surface area is 180 Å². The summed E-state index contributed by atoms with van der Waals surface area (Å²) < 4.78 is 8.31. The molecule has 2 bridgehead atoms. The highest BCUT2D eigenvalue weighted by Gasteiger charge is 2.69. The van der Waals surface area contributed by atoms with Gasteiger partial charge in [-0.15, -0.1) is 0 Å². The topological polar surface area (TPSA) is 99.5 Å². The van der Waals surface area contributed by atoms with E-state index >= 15 is 0 Å². The molecule has 7 nitrogen and oxygen atoms in total. The highest BCUT2D eigenvalue weighted by molar-refractivity contribution is 5.82. The number of aryl methyl sites for hydroxylation is 3. The molecule has 0 unspecified atom stereocenters. The molecule has 3 aromatic rings. The maximum Gasteiger partial charge on any atom is 0.249 e. The number of nitrogens with one attached hydrogen (secondary N) is 1. The summed E-state index contributed by atoms with van der Waals surface area (Å²) in [5.74, 6) is 1.77. The number of fused-ring (bicyclic) bond motifs is 1. The van der Waals surface area contributed by atoms with Gasteiger partial charge in [0, 0.05) is 24.9 Å². The van der Waals surface area contributed by atoms with Gasteiger partial charge in [0.15, 0.2) is 0 Å². The number of hydrogen-bond donors (Lipinski definition) is 1. The minimum Gasteiger partial charge on any atom is -0.436 e. The van der Waals surface area contributed by atoms with Crippen molar-refractivity contribution in [2.24, 2.45) is 12.5 Å². The van der Waals surface area contributed by atoms with E-state index in [0.717, 1.165) is 52.7 Å². The molecular formula is C24H22N6O. The van der Waals surface area contributed by atoms with Gasteiger partial charge in [0.1, 0.15) is 11.3 Å². The van der Waals surface area contributed by atoms with Crippen molar-refractivity contribution in [3.8, 4) is 23.8 Å². The van der Waals surface area contributed by atoms with Crippen LogP contribution in [-0.4, -0.2) is 20.1 Å². The van der Waals surface area contributed by atoms with Crippen LogP contribution in [0.2, 0.25) is 0 Å². The number of allylic oxidation sites excluding steroid dienone is 1. The van der Waals surface area contributed by atoms with E-state index in [0.29, 0.717) is 11.8 Å². The minimum atomic E-state index is -0.140. The number of hydrogen-bond acceptors (Lipinski definition) is 6. The van der Waals surface area contributed by atoms with Gasteiger partial charge >= 0.3 is 0 Å². The predicted octanol–water partition coefficient (Wildman–Crippen LogP) is 4.77. The Morgan fingerprint density at radius 2 is 1.87 bits per heavy atom. The number of nitrogens with zero attached hydrogens (tertiary/aromatic N) is 5. The minimum absolute atomic E-state index is 0.0595. The van der Waals surface area contributed by atoms with Crippen molar-refractivity contribution < 1.29 is 4.74 Å². The molecule has 1 aromatic carbocycles. The van der Waals surface area contributed by atoms with E-state index in [2.05, 4.69) is 16.4 Å². The second kappa shape index (κ2) is 6.58. The molecule has 0 amide bonds. The smallest absolute Gasteiger partial charge is 0.249 e. The van der Waals surface area contributed by atoms with E-state index in [4.69, 9.17) is 15.0 Å². The Kier molecular flexibility index (Phi) is 4.06. The molecule has 0 radical (unpaired) electrons. The molecule has 31 heavy (non-hydrogen) atoms. The Morgan fingerprint density at radius 3 is 2.52 bits per heavy atom. The molecule has 154 valence electrons. The van der Waals surface area contributed by atoms with Crippen molar-refractivity contribution in [1.29, 1.82) is 10.5 Å². The Morgan fingerprint density at radius 1 is 1.16 bits per heavy atom. The first-order valence-electron chi connectivity index (χ1n) is 10.2. The van der Waals surface area contributed by atoms with Crippen molar-refractivity contribution in [2.75, 3.05) is 5.32 Å². The van der Waals surface area contributed by atoms with Crippen LogP contribution in [0.1, 0.15) is 36.0 Å². The second-order valence-electron chi connectivity index (χ2n) is 8.89. The Hall–Kier alpha value is -3.84. The quantitative estimate of drug-likeness (QED) is 0.608. The molecule has 0 saturated heterocycles. The number of anilines is 1. The van der Waals surface area contributed by atoms with Crippen LogP contribution in [0.25, 0.3) is 17.1 Å². The van der Waals surface area contributed by atoms with Crippen molar-refractivity contribution in [3.05, 3.63) is 47.2 Å². The van der Waals surface area contributed by atoms with Crippen LogP contribution in [0.5, 0.6) is 11.6 Å². The number of rotatable bonds is 5. The molecule has 3 saturated carbocycles. The molecule has 1 N–H and O–H groups in total. The normalized spacial score (nSPS) is 23.6. The van der Waals surface area contributed by atoms with Gasteiger partial charge in [-0.25, -0.2) is 4.98 Å². The molecular weight excluding hydrogens is 388 g/mol. The fraction of sp³-hybridized carbons (Fsp3) is 0.333. The fourth-order valence-corrected chi connectivity index (χ4v) is 5.03. The monoisotopic (exact) mass is 410 g/mol. The van der Waals surface area contributed by atoms with Crippen molar-refractivity contribution in [3.63, 3.8) is 0 Å². The number of ether oxygens (including phenoxy) is 1. The van der Waals surface area contributed by atoms with E-state index in [1.807, 2.05) is 55.9 Å². The Bertz CT molecular complexity index is 1290. The maximum atomic E-state index is 9.28. The zero-order chi connectivity index (χ0) is 21.8. The first-order valence-corrected chi connectivity index (χ1v) is 10.2. The second-order valence-corrected chi connectivity index (χ2v) is 8.89. The summed E-state index contributed by atoms with van der Waals surface area (Å²) >= 11 is 0. The van der Waals surface area contributed by atoms with E-state index < -0.39 is 0 Å². The number of aromatic nitrogens is 3. The van der Waals surface area contributed by atoms with Crippen molar-refractivity contribution in [1.82, 2.24) is 14.5 Å². The van der Waals surface area contributed by atoms with Crippen LogP contribution in [0.4, 0.5) is 5.95 Å². The summed E-state index contributed by atoms with van der Waals surface area (Å²) in [5.41, 5.74) is 4.30. The average molecular weight is 410 g/mol. The molecule has 3 aliphatic rings. The third-order valence-corrected chi connectivity index (χ3v) is 6.36. The van der Waals surface area contributed by atoms with Crippen molar-refractivity contribution in [2.45, 2.75) is 38.6 Å². The molecule has 3 aliphatic carbocycles. The maximum absolute atomic E-state index is 9.28. The van der Waals surface area contributed by atoms with Gasteiger partial charge in [0.05, 0.1) is 23.1 Å². The van der Waals surface area contributed by atoms with Crippen LogP contribution in [0, 0.1) is 41.9 Å². The average Bonchev–Trinajstić information content (AvgIpc) is 3.05. The van der Waals surface area contributed by atoms with Gasteiger partial charge in [-0.2, -0.15) is 15.5 Å². The van der Waals surface area contributed by atoms with Gasteiger partial charge in [-0.1, -0.05) is 0 Å². The van der Waals surface area contributed by atoms with Crippen molar-refractivity contribution >= 4 is 23.1 Å². The van der Waals surface area contributed by atoms with E-state index in [9.17, 15) is 5.26 Å². The van der Waals surface area contributed by atoms with Gasteiger partial charge in [0.25, 0.3) is 0 Å². The largest absolute Gasteiger partial charge is 0.436 e. The molecule has 6 rings (SSSR count). The van der Waals surface area contributed by atoms with Crippen LogP contribution < -0.4 is 10.1 Å². The lowest BCUT2D eigenvalue weighted by Gasteiger charge is -2.66. The molecule has 0 aliphatic heterocycles. The number of benzene rings is 1. The number of nitriles is 2. The summed E-state index contributed by atoms with van der Waals surface area (Å²) in [4.78, 5) is 9.40. The van der Waals surface area contributed by atoms with E-state index in [1.54, 1.807) is 6.08 Å². The lowest BCUT2D eigenvalue weighted by atomic mass is 9.40. The highest BCUT2D eigenvalue weighted by Crippen LogP contribution is 2.67. The van der Waals surface area contributed by atoms with Crippen LogP contribution in [-0.2, 0) is 7.05 Å². The first-order chi connectivity index (χ1) is 14.9. The van der Waals surface area contributed by atoms with Gasteiger partial charge < -0.3 is 14.6 Å². The summed E-state index contributed by atoms with van der Waals surface area (Å²) in [6.45, 7) is 3.97. The van der Waals surface area contributed by atoms with Crippen LogP contribution in [0.15, 0.2) is 30.5 Å². The zero-order valence-corrected chi connectivity index (χ0v) is 17.7. The van der Waals surface area contributed by atoms with Gasteiger partial charge in [-0.05, 0) is 74.1 Å². The first kappa shape index (κ1) is 19.1. The third kappa shape index (κ3) is 3.02. The lowest BCUT2D eigenvalue weighted by Crippen LogP contribution is -2.70. The molecule has 7 heteroatoms. The third-order valence-electron chi connectivity index (χ3n) is 6.36. The van der Waals surface area contributed by atoms with Crippen LogP contribution in [0.3, 0.4) is 0 Å². The molecule has 2 aromatic heterocycles. The summed E-state index contributed by atoms with van der Waals surface area (Å²) in [5, 5.41) is 21.5. The molecule has 0 spiro atoms. The SMILES string of the molecule is Cc1cc(/C=C/C#N)cc(C)c1Oc1nc(NC23CC(C#N)(C2)C3)nc2ccn(C)c12. The lowest BCUT2D eigenvalue weighted by molar-refractivity contribution is -0.0665. The summed E-state index contributed by atoms with van der Waals surface area (Å²) in [6, 6.07) is 10.4. The fourth-order valence-electron chi connectivity index (χ4n) is 5.03. The molecule has 0 atom stereocenters. The zero-order valence-electron chi connectivity index (χ0n) is 17.7.